The van der Waals surface area contributed by atoms with Crippen LogP contribution in [-0.4, -0.2) is 64.0 Å². The number of carboxylic acid groups (broad SMARTS) is 2. The fraction of sp³-hybridized carbons (Fsp3) is 0.414. The molecule has 0 saturated heterocycles. The van der Waals surface area contributed by atoms with Crippen LogP contribution in [-0.2, 0) is 36.8 Å². The summed E-state index contributed by atoms with van der Waals surface area (Å²) in [7, 11) is 0. The van der Waals surface area contributed by atoms with Crippen LogP contribution in [0.2, 0.25) is 0 Å². The van der Waals surface area contributed by atoms with Crippen molar-refractivity contribution in [3.05, 3.63) is 71.8 Å². The molecule has 2 aromatic carbocycles. The molecule has 216 valence electrons. The standard InChI is InChI=1S/C29H38N4O7/c1-3-18(2)25(33-26(36)21(30)16-19-10-6-4-7-11-19)28(38)31-22(14-15-24(34)35)27(37)32-23(29(39)40)17-20-12-8-5-9-13-20/h4-13,18,21-23,25H,3,14-17,30H2,1-2H3,(H,31,38)(H,32,37)(H,33,36)(H,34,35)(H,39,40). The molecule has 0 spiro atoms. The number of hydrogen-bond donors (Lipinski definition) is 6. The van der Waals surface area contributed by atoms with Gasteiger partial charge >= 0.3 is 11.9 Å². The third kappa shape index (κ3) is 10.5. The minimum Gasteiger partial charge on any atom is -0.481 e. The highest BCUT2D eigenvalue weighted by Gasteiger charge is 2.32. The first kappa shape index (κ1) is 32.0. The van der Waals surface area contributed by atoms with Crippen molar-refractivity contribution in [2.24, 2.45) is 11.7 Å². The van der Waals surface area contributed by atoms with Crippen LogP contribution in [0.25, 0.3) is 0 Å². The molecule has 11 nitrogen and oxygen atoms in total. The van der Waals surface area contributed by atoms with E-state index in [1.807, 2.05) is 37.3 Å². The van der Waals surface area contributed by atoms with Crippen molar-refractivity contribution in [1.29, 1.82) is 0 Å². The number of carboxylic acids is 2. The molecule has 0 bridgehead atoms. The van der Waals surface area contributed by atoms with Gasteiger partial charge in [0, 0.05) is 12.8 Å². The first-order valence-corrected chi connectivity index (χ1v) is 13.2. The lowest BCUT2D eigenvalue weighted by atomic mass is 9.96. The third-order valence-electron chi connectivity index (χ3n) is 6.61. The van der Waals surface area contributed by atoms with Crippen molar-refractivity contribution in [3.63, 3.8) is 0 Å². The van der Waals surface area contributed by atoms with Crippen molar-refractivity contribution >= 4 is 29.7 Å². The number of nitrogens with one attached hydrogen (secondary N) is 3. The summed E-state index contributed by atoms with van der Waals surface area (Å²) >= 11 is 0. The first-order valence-electron chi connectivity index (χ1n) is 13.2. The molecule has 5 unspecified atom stereocenters. The zero-order valence-electron chi connectivity index (χ0n) is 22.7. The van der Waals surface area contributed by atoms with Gasteiger partial charge in [-0.3, -0.25) is 19.2 Å². The van der Waals surface area contributed by atoms with Crippen LogP contribution in [0.5, 0.6) is 0 Å². The van der Waals surface area contributed by atoms with Gasteiger partial charge in [-0.2, -0.15) is 0 Å². The van der Waals surface area contributed by atoms with Gasteiger partial charge < -0.3 is 31.9 Å². The minimum atomic E-state index is -1.34. The summed E-state index contributed by atoms with van der Waals surface area (Å²) in [4.78, 5) is 62.4. The number of rotatable bonds is 16. The van der Waals surface area contributed by atoms with Crippen LogP contribution in [0, 0.1) is 5.92 Å². The second kappa shape index (κ2) is 16.0. The zero-order valence-corrected chi connectivity index (χ0v) is 22.7. The molecule has 0 aromatic heterocycles. The maximum Gasteiger partial charge on any atom is 0.326 e. The number of amides is 3. The summed E-state index contributed by atoms with van der Waals surface area (Å²) in [6, 6.07) is 13.2. The van der Waals surface area contributed by atoms with Crippen LogP contribution in [0.3, 0.4) is 0 Å². The van der Waals surface area contributed by atoms with Crippen LogP contribution in [0.4, 0.5) is 0 Å². The predicted octanol–water partition coefficient (Wildman–Crippen LogP) is 1.25. The summed E-state index contributed by atoms with van der Waals surface area (Å²) in [5.41, 5.74) is 7.61. The first-order chi connectivity index (χ1) is 19.0. The van der Waals surface area contributed by atoms with E-state index in [9.17, 15) is 34.2 Å². The lowest BCUT2D eigenvalue weighted by Gasteiger charge is -2.28. The predicted molar refractivity (Wildman–Crippen MR) is 148 cm³/mol. The third-order valence-corrected chi connectivity index (χ3v) is 6.61. The highest BCUT2D eigenvalue weighted by atomic mass is 16.4. The van der Waals surface area contributed by atoms with Gasteiger partial charge in [0.25, 0.3) is 0 Å². The number of benzene rings is 2. The van der Waals surface area contributed by atoms with E-state index in [-0.39, 0.29) is 25.2 Å². The van der Waals surface area contributed by atoms with Crippen molar-refractivity contribution < 1.29 is 34.2 Å². The van der Waals surface area contributed by atoms with Gasteiger partial charge in [-0.05, 0) is 29.9 Å². The fourth-order valence-corrected chi connectivity index (χ4v) is 4.04. The Morgan fingerprint density at radius 3 is 1.77 bits per heavy atom. The van der Waals surface area contributed by atoms with E-state index in [0.29, 0.717) is 12.0 Å². The largest absolute Gasteiger partial charge is 0.481 e. The Morgan fingerprint density at radius 2 is 1.27 bits per heavy atom. The molecular formula is C29H38N4O7. The van der Waals surface area contributed by atoms with Crippen molar-refractivity contribution in [2.45, 2.75) is 70.1 Å². The quantitative estimate of drug-likeness (QED) is 0.179. The maximum atomic E-state index is 13.3. The topological polar surface area (TPSA) is 188 Å². The highest BCUT2D eigenvalue weighted by Crippen LogP contribution is 2.11. The molecule has 0 aliphatic carbocycles. The second-order valence-electron chi connectivity index (χ2n) is 9.75. The van der Waals surface area contributed by atoms with Gasteiger partial charge in [0.1, 0.15) is 18.1 Å². The monoisotopic (exact) mass is 554 g/mol. The summed E-state index contributed by atoms with van der Waals surface area (Å²) in [5, 5.41) is 26.4. The zero-order chi connectivity index (χ0) is 29.7. The van der Waals surface area contributed by atoms with Crippen LogP contribution >= 0.6 is 0 Å². The molecule has 0 saturated carbocycles. The molecule has 40 heavy (non-hydrogen) atoms. The summed E-state index contributed by atoms with van der Waals surface area (Å²) in [5.74, 6) is -4.91. The Morgan fingerprint density at radius 1 is 0.750 bits per heavy atom. The lowest BCUT2D eigenvalue weighted by molar-refractivity contribution is -0.143. The van der Waals surface area contributed by atoms with Gasteiger partial charge in [0.05, 0.1) is 6.04 Å². The Balaban J connectivity index is 2.16. The van der Waals surface area contributed by atoms with Gasteiger partial charge in [-0.15, -0.1) is 0 Å². The van der Waals surface area contributed by atoms with E-state index in [4.69, 9.17) is 5.73 Å². The number of carbonyl (C=O) groups is 5. The SMILES string of the molecule is CCC(C)C(NC(=O)C(N)Cc1ccccc1)C(=O)NC(CCC(=O)O)C(=O)NC(Cc1ccccc1)C(=O)O. The molecule has 0 aliphatic rings. The maximum absolute atomic E-state index is 13.3. The Kier molecular flexibility index (Phi) is 12.8. The average Bonchev–Trinajstić information content (AvgIpc) is 2.93. The molecule has 0 fully saturated rings. The normalized spacial score (nSPS) is 14.6. The lowest BCUT2D eigenvalue weighted by Crippen LogP contribution is -2.59. The Labute approximate surface area is 233 Å². The number of hydrogen-bond acceptors (Lipinski definition) is 6. The van der Waals surface area contributed by atoms with E-state index in [2.05, 4.69) is 16.0 Å². The molecule has 3 amide bonds. The Bertz CT molecular complexity index is 1140. The summed E-state index contributed by atoms with van der Waals surface area (Å²) in [6.07, 6.45) is 0.0301. The van der Waals surface area contributed by atoms with Crippen molar-refractivity contribution in [1.82, 2.24) is 16.0 Å². The molecule has 2 aromatic rings. The number of carbonyl (C=O) groups excluding carboxylic acids is 3. The summed E-state index contributed by atoms with van der Waals surface area (Å²) < 4.78 is 0. The van der Waals surface area contributed by atoms with Gasteiger partial charge in [0.2, 0.25) is 17.7 Å². The molecule has 11 heteroatoms. The van der Waals surface area contributed by atoms with Crippen LogP contribution < -0.4 is 21.7 Å². The highest BCUT2D eigenvalue weighted by molar-refractivity contribution is 5.94. The summed E-state index contributed by atoms with van der Waals surface area (Å²) in [6.45, 7) is 3.58. The molecule has 0 radical (unpaired) electrons. The number of nitrogens with two attached hydrogens (primary N) is 1. The number of aliphatic carboxylic acids is 2. The van der Waals surface area contributed by atoms with Crippen molar-refractivity contribution in [3.8, 4) is 0 Å². The van der Waals surface area contributed by atoms with Gasteiger partial charge in [-0.1, -0.05) is 80.9 Å². The molecule has 0 heterocycles. The fourth-order valence-electron chi connectivity index (χ4n) is 4.04. The van der Waals surface area contributed by atoms with Crippen LogP contribution in [0.1, 0.15) is 44.2 Å². The molecule has 7 N–H and O–H groups in total. The van der Waals surface area contributed by atoms with E-state index in [1.54, 1.807) is 37.3 Å². The molecule has 0 aliphatic heterocycles. The minimum absolute atomic E-state index is 0.00758. The van der Waals surface area contributed by atoms with E-state index in [1.165, 1.54) is 0 Å². The van der Waals surface area contributed by atoms with E-state index in [0.717, 1.165) is 5.56 Å². The smallest absolute Gasteiger partial charge is 0.326 e. The molecule has 2 rings (SSSR count). The molecular weight excluding hydrogens is 516 g/mol. The van der Waals surface area contributed by atoms with Gasteiger partial charge in [0.15, 0.2) is 0 Å². The van der Waals surface area contributed by atoms with Gasteiger partial charge in [-0.25, -0.2) is 4.79 Å². The van der Waals surface area contributed by atoms with E-state index < -0.39 is 60.2 Å². The Hall–Kier alpha value is -4.25. The second-order valence-corrected chi connectivity index (χ2v) is 9.75. The van der Waals surface area contributed by atoms with Crippen molar-refractivity contribution in [2.75, 3.05) is 0 Å². The molecule has 5 atom stereocenters. The van der Waals surface area contributed by atoms with Crippen LogP contribution in [0.15, 0.2) is 60.7 Å². The average molecular weight is 555 g/mol. The van der Waals surface area contributed by atoms with E-state index >= 15 is 0 Å².